The highest BCUT2D eigenvalue weighted by atomic mass is 16.3. The average molecular weight is 79.9 g/mol. The first-order chi connectivity index (χ1) is 2.89. The van der Waals surface area contributed by atoms with Gasteiger partial charge in [-0.05, 0) is 0 Å². The fourth-order valence-electron chi connectivity index (χ4n) is 0.182. The van der Waals surface area contributed by atoms with E-state index in [1.165, 1.54) is 6.39 Å². The molecule has 0 aromatic carbocycles. The summed E-state index contributed by atoms with van der Waals surface area (Å²) in [6.07, 6.45) is 1.18. The third kappa shape index (κ3) is 0.405. The van der Waals surface area contributed by atoms with Gasteiger partial charge in [-0.25, -0.2) is 0 Å². The Morgan fingerprint density at radius 1 is 1.83 bits per heavy atom. The lowest BCUT2D eigenvalue weighted by molar-refractivity contribution is 0.588. The number of hydrogen-bond donors (Lipinski definition) is 0. The summed E-state index contributed by atoms with van der Waals surface area (Å²) in [5, 5.41) is 6.56. The fraction of sp³-hybridized carbons (Fsp3) is 0. The number of hydrogen-bond acceptors (Lipinski definition) is 3. The van der Waals surface area contributed by atoms with Gasteiger partial charge in [0.15, 0.2) is 13.6 Å². The van der Waals surface area contributed by atoms with E-state index >= 15 is 0 Å². The van der Waals surface area contributed by atoms with Gasteiger partial charge in [0.1, 0.15) is 0 Å². The normalized spacial score (nSPS) is 8.67. The van der Waals surface area contributed by atoms with Crippen LogP contribution in [0.1, 0.15) is 0 Å². The Bertz CT molecular complexity index is 115. The van der Waals surface area contributed by atoms with Gasteiger partial charge in [0, 0.05) is 0 Å². The van der Waals surface area contributed by atoms with E-state index < -0.39 is 0 Å². The highest BCUT2D eigenvalue weighted by Gasteiger charge is 1.79. The molecule has 0 bridgehead atoms. The Morgan fingerprint density at radius 3 is 2.83 bits per heavy atom. The van der Waals surface area contributed by atoms with Crippen LogP contribution in [0, 0.1) is 0 Å². The minimum atomic E-state index is 0.106. The van der Waals surface area contributed by atoms with E-state index in [1.54, 1.807) is 0 Å². The maximum Gasteiger partial charge on any atom is 0.202 e. The molecule has 28 valence electrons. The Morgan fingerprint density at radius 2 is 2.67 bits per heavy atom. The van der Waals surface area contributed by atoms with E-state index in [9.17, 15) is 0 Å². The van der Waals surface area contributed by atoms with Gasteiger partial charge in [-0.1, -0.05) is 0 Å². The summed E-state index contributed by atoms with van der Waals surface area (Å²) in [5.74, 6) is 0.106. The second-order valence-corrected chi connectivity index (χ2v) is 0.777. The molecule has 2 radical (unpaired) electrons. The highest BCUT2D eigenvalue weighted by Crippen LogP contribution is 1.60. The topological polar surface area (TPSA) is 38.9 Å². The van der Waals surface area contributed by atoms with Gasteiger partial charge in [-0.2, -0.15) is 0 Å². The van der Waals surface area contributed by atoms with Gasteiger partial charge in [-0.15, -0.1) is 10.2 Å². The molecule has 0 fully saturated rings. The minimum absolute atomic E-state index is 0.106. The van der Waals surface area contributed by atoms with Crippen LogP contribution in [0.25, 0.3) is 0 Å². The van der Waals surface area contributed by atoms with Crippen molar-refractivity contribution in [3.05, 3.63) is 6.39 Å². The molecular formula is C2HBN2O. The Labute approximate surface area is 35.8 Å². The summed E-state index contributed by atoms with van der Waals surface area (Å²) < 4.78 is 4.39. The first kappa shape index (κ1) is 3.40. The third-order valence-corrected chi connectivity index (χ3v) is 0.377. The molecule has 0 aliphatic heterocycles. The van der Waals surface area contributed by atoms with Gasteiger partial charge < -0.3 is 4.42 Å². The van der Waals surface area contributed by atoms with Crippen LogP contribution in [0.15, 0.2) is 10.8 Å². The standard InChI is InChI=1S/C2HBN2O/c3-2-5-4-1-6-2/h1H. The van der Waals surface area contributed by atoms with Crippen LogP contribution in [-0.4, -0.2) is 18.0 Å². The summed E-state index contributed by atoms with van der Waals surface area (Å²) in [5.41, 5.74) is 0. The summed E-state index contributed by atoms with van der Waals surface area (Å²) in [4.78, 5) is 0. The predicted molar refractivity (Wildman–Crippen MR) is 19.7 cm³/mol. The molecule has 0 amide bonds. The molecule has 0 unspecified atom stereocenters. The van der Waals surface area contributed by atoms with Gasteiger partial charge >= 0.3 is 0 Å². The molecule has 0 spiro atoms. The van der Waals surface area contributed by atoms with Gasteiger partial charge in [0.25, 0.3) is 0 Å². The second kappa shape index (κ2) is 1.12. The molecule has 1 heterocycles. The van der Waals surface area contributed by atoms with Crippen LogP contribution in [0.2, 0.25) is 0 Å². The molecule has 1 rings (SSSR count). The highest BCUT2D eigenvalue weighted by molar-refractivity contribution is 6.27. The van der Waals surface area contributed by atoms with Gasteiger partial charge in [0.2, 0.25) is 6.39 Å². The zero-order valence-electron chi connectivity index (χ0n) is 2.96. The van der Waals surface area contributed by atoms with E-state index in [1.807, 2.05) is 0 Å². The maximum absolute atomic E-state index is 4.94. The lowest BCUT2D eigenvalue weighted by atomic mass is 10.2. The molecule has 3 nitrogen and oxygen atoms in total. The van der Waals surface area contributed by atoms with E-state index in [-0.39, 0.29) is 5.79 Å². The minimum Gasteiger partial charge on any atom is -0.440 e. The van der Waals surface area contributed by atoms with Crippen LogP contribution in [0.3, 0.4) is 0 Å². The van der Waals surface area contributed by atoms with Crippen molar-refractivity contribution in [1.29, 1.82) is 0 Å². The van der Waals surface area contributed by atoms with Crippen molar-refractivity contribution in [3.63, 3.8) is 0 Å². The smallest absolute Gasteiger partial charge is 0.202 e. The summed E-state index contributed by atoms with van der Waals surface area (Å²) in [7, 11) is 4.94. The largest absolute Gasteiger partial charge is 0.440 e. The SMILES string of the molecule is [B]c1nnco1. The molecule has 0 saturated heterocycles. The molecule has 1 aromatic heterocycles. The van der Waals surface area contributed by atoms with Crippen molar-refractivity contribution in [2.24, 2.45) is 0 Å². The van der Waals surface area contributed by atoms with E-state index in [4.69, 9.17) is 7.85 Å². The van der Waals surface area contributed by atoms with Crippen LogP contribution in [0.5, 0.6) is 0 Å². The monoisotopic (exact) mass is 80.0 g/mol. The lowest BCUT2D eigenvalue weighted by Gasteiger charge is -1.64. The van der Waals surface area contributed by atoms with Crippen molar-refractivity contribution in [3.8, 4) is 0 Å². The van der Waals surface area contributed by atoms with Crippen LogP contribution in [-0.2, 0) is 0 Å². The second-order valence-electron chi connectivity index (χ2n) is 0.777. The van der Waals surface area contributed by atoms with E-state index in [0.29, 0.717) is 0 Å². The Kier molecular flexibility index (Phi) is 0.635. The summed E-state index contributed by atoms with van der Waals surface area (Å²) >= 11 is 0. The Hall–Kier alpha value is -0.795. The van der Waals surface area contributed by atoms with Crippen molar-refractivity contribution in [2.45, 2.75) is 0 Å². The predicted octanol–water partition coefficient (Wildman–Crippen LogP) is -1.14. The zero-order valence-corrected chi connectivity index (χ0v) is 2.96. The van der Waals surface area contributed by atoms with Crippen molar-refractivity contribution >= 4 is 13.6 Å². The zero-order chi connectivity index (χ0) is 4.41. The molecular weight excluding hydrogens is 78.8 g/mol. The quantitative estimate of drug-likeness (QED) is 0.370. The van der Waals surface area contributed by atoms with Crippen molar-refractivity contribution < 1.29 is 4.42 Å². The molecule has 0 N–H and O–H groups in total. The molecule has 6 heavy (non-hydrogen) atoms. The van der Waals surface area contributed by atoms with Crippen molar-refractivity contribution in [1.82, 2.24) is 10.2 Å². The van der Waals surface area contributed by atoms with Gasteiger partial charge in [0.05, 0.1) is 0 Å². The lowest BCUT2D eigenvalue weighted by Crippen LogP contribution is -2.00. The molecule has 4 heteroatoms. The fourth-order valence-corrected chi connectivity index (χ4v) is 0.182. The Balaban J connectivity index is 3.05. The first-order valence-electron chi connectivity index (χ1n) is 1.41. The van der Waals surface area contributed by atoms with Crippen LogP contribution < -0.4 is 5.79 Å². The maximum atomic E-state index is 4.94. The molecule has 0 aliphatic rings. The summed E-state index contributed by atoms with van der Waals surface area (Å²) in [6.45, 7) is 0. The van der Waals surface area contributed by atoms with E-state index in [0.717, 1.165) is 0 Å². The number of aromatic nitrogens is 2. The van der Waals surface area contributed by atoms with Gasteiger partial charge in [-0.3, -0.25) is 0 Å². The average Bonchev–Trinajstić information content (AvgIpc) is 1.86. The third-order valence-electron chi connectivity index (χ3n) is 0.377. The van der Waals surface area contributed by atoms with E-state index in [2.05, 4.69) is 14.6 Å². The number of nitrogens with zero attached hydrogens (tertiary/aromatic N) is 2. The number of rotatable bonds is 0. The summed E-state index contributed by atoms with van der Waals surface area (Å²) in [6, 6.07) is 0. The molecule has 0 atom stereocenters. The van der Waals surface area contributed by atoms with Crippen LogP contribution in [0.4, 0.5) is 0 Å². The first-order valence-corrected chi connectivity index (χ1v) is 1.41. The van der Waals surface area contributed by atoms with Crippen molar-refractivity contribution in [2.75, 3.05) is 0 Å². The molecule has 0 saturated carbocycles. The molecule has 1 aromatic rings. The van der Waals surface area contributed by atoms with Crippen LogP contribution >= 0.6 is 0 Å². The molecule has 0 aliphatic carbocycles.